The van der Waals surface area contributed by atoms with Crippen LogP contribution in [0.1, 0.15) is 24.1 Å². The van der Waals surface area contributed by atoms with Gasteiger partial charge in [-0.25, -0.2) is 14.7 Å². The maximum Gasteiger partial charge on any atom is 0.417 e. The molecule has 9 nitrogen and oxygen atoms in total. The van der Waals surface area contributed by atoms with Crippen LogP contribution in [0.5, 0.6) is 0 Å². The Hall–Kier alpha value is -2.75. The van der Waals surface area contributed by atoms with Crippen molar-refractivity contribution >= 4 is 17.9 Å². The molecular formula is C21H26N6O3. The van der Waals surface area contributed by atoms with E-state index in [1.807, 2.05) is 6.92 Å². The predicted octanol–water partition coefficient (Wildman–Crippen LogP) is 1.31. The number of carbonyl (C=O) groups is 1. The second-order valence-corrected chi connectivity index (χ2v) is 8.37. The molecule has 30 heavy (non-hydrogen) atoms. The number of cyclic esters (lactones) is 1. The molecule has 1 aliphatic carbocycles. The largest absolute Gasteiger partial charge is 0.444 e. The molecule has 3 heterocycles. The molecule has 0 spiro atoms. The topological polar surface area (TPSA) is 117 Å². The number of piperidine rings is 1. The molecule has 9 heteroatoms. The zero-order chi connectivity index (χ0) is 20.8. The summed E-state index contributed by atoms with van der Waals surface area (Å²) < 4.78 is 4.84. The number of fused-ring (bicyclic) bond motifs is 1. The van der Waals surface area contributed by atoms with Crippen molar-refractivity contribution in [2.45, 2.75) is 31.8 Å². The summed E-state index contributed by atoms with van der Waals surface area (Å²) in [6, 6.07) is 10.5. The van der Waals surface area contributed by atoms with E-state index in [-0.39, 0.29) is 12.6 Å². The summed E-state index contributed by atoms with van der Waals surface area (Å²) >= 11 is 0. The highest BCUT2D eigenvalue weighted by atomic mass is 16.6. The van der Waals surface area contributed by atoms with Gasteiger partial charge in [-0.15, -0.1) is 0 Å². The number of hydrogen-bond acceptors (Lipinski definition) is 8. The first kappa shape index (κ1) is 19.2. The van der Waals surface area contributed by atoms with E-state index in [1.54, 1.807) is 12.3 Å². The van der Waals surface area contributed by atoms with Gasteiger partial charge >= 0.3 is 6.09 Å². The number of anilines is 2. The smallest absolute Gasteiger partial charge is 0.417 e. The van der Waals surface area contributed by atoms with Gasteiger partial charge in [0, 0.05) is 31.9 Å². The van der Waals surface area contributed by atoms with Crippen molar-refractivity contribution in [3.05, 3.63) is 47.7 Å². The summed E-state index contributed by atoms with van der Waals surface area (Å²) in [5.41, 5.74) is 8.42. The van der Waals surface area contributed by atoms with Gasteiger partial charge in [-0.2, -0.15) is 4.98 Å². The Morgan fingerprint density at radius 2 is 2.00 bits per heavy atom. The molecule has 4 atom stereocenters. The molecule has 1 aromatic carbocycles. The van der Waals surface area contributed by atoms with Gasteiger partial charge in [0.05, 0.1) is 6.04 Å². The van der Waals surface area contributed by atoms with Gasteiger partial charge in [-0.05, 0) is 36.0 Å². The van der Waals surface area contributed by atoms with E-state index in [2.05, 4.69) is 44.5 Å². The predicted molar refractivity (Wildman–Crippen MR) is 111 cm³/mol. The van der Waals surface area contributed by atoms with Crippen LogP contribution in [0.4, 0.5) is 16.6 Å². The average molecular weight is 410 g/mol. The minimum absolute atomic E-state index is 0.0258. The second-order valence-electron chi connectivity index (χ2n) is 8.37. The molecule has 158 valence electrons. The highest BCUT2D eigenvalue weighted by Gasteiger charge is 2.53. The van der Waals surface area contributed by atoms with E-state index in [0.29, 0.717) is 29.6 Å². The van der Waals surface area contributed by atoms with Crippen LogP contribution in [0.2, 0.25) is 0 Å². The van der Waals surface area contributed by atoms with Crippen LogP contribution in [-0.4, -0.2) is 58.0 Å². The lowest BCUT2D eigenvalue weighted by atomic mass is 10.1. The maximum atomic E-state index is 11.8. The molecule has 2 unspecified atom stereocenters. The number of nitrogens with zero attached hydrogens (tertiary/aromatic N) is 4. The summed E-state index contributed by atoms with van der Waals surface area (Å²) in [7, 11) is 0. The molecule has 3 fully saturated rings. The molecule has 2 aromatic rings. The van der Waals surface area contributed by atoms with Gasteiger partial charge in [-0.1, -0.05) is 24.3 Å². The molecule has 2 saturated heterocycles. The van der Waals surface area contributed by atoms with E-state index >= 15 is 0 Å². The normalized spacial score (nSPS) is 28.9. The lowest BCUT2D eigenvalue weighted by molar-refractivity contribution is 0.135. The molecule has 3 aliphatic rings. The van der Waals surface area contributed by atoms with Crippen molar-refractivity contribution in [2.24, 2.45) is 17.6 Å². The van der Waals surface area contributed by atoms with Gasteiger partial charge in [0.2, 0.25) is 5.95 Å². The first-order chi connectivity index (χ1) is 14.5. The number of rotatable bonds is 6. The first-order valence-corrected chi connectivity index (χ1v) is 10.3. The van der Waals surface area contributed by atoms with Crippen LogP contribution < -0.4 is 16.0 Å². The summed E-state index contributed by atoms with van der Waals surface area (Å²) in [5, 5.41) is 13.2. The van der Waals surface area contributed by atoms with Gasteiger partial charge in [-0.3, -0.25) is 4.90 Å². The Kier molecular flexibility index (Phi) is 4.80. The molecule has 2 aliphatic heterocycles. The zero-order valence-electron chi connectivity index (χ0n) is 16.8. The quantitative estimate of drug-likeness (QED) is 0.653. The fourth-order valence-electron chi connectivity index (χ4n) is 4.45. The fraction of sp³-hybridized carbons (Fsp3) is 0.476. The van der Waals surface area contributed by atoms with Crippen LogP contribution in [0.25, 0.3) is 0 Å². The zero-order valence-corrected chi connectivity index (χ0v) is 16.8. The SMILES string of the molecule is C[C@H](Nc1nccc(N2C(=O)OC[C@@H]2O)n1)c1ccc(CN2CC3C(N)C3C2)cc1. The number of ether oxygens (including phenoxy) is 1. The highest BCUT2D eigenvalue weighted by molar-refractivity contribution is 5.88. The van der Waals surface area contributed by atoms with Crippen molar-refractivity contribution in [1.82, 2.24) is 14.9 Å². The lowest BCUT2D eigenvalue weighted by Gasteiger charge is -2.20. The average Bonchev–Trinajstić information content (AvgIpc) is 3.06. The monoisotopic (exact) mass is 410 g/mol. The number of carbonyl (C=O) groups excluding carboxylic acids is 1. The highest BCUT2D eigenvalue weighted by Crippen LogP contribution is 2.44. The number of aliphatic hydroxyl groups is 1. The van der Waals surface area contributed by atoms with Crippen LogP contribution in [0.15, 0.2) is 36.5 Å². The van der Waals surface area contributed by atoms with Crippen molar-refractivity contribution in [3.63, 3.8) is 0 Å². The number of benzene rings is 1. The van der Waals surface area contributed by atoms with Gasteiger partial charge in [0.15, 0.2) is 6.23 Å². The number of nitrogens with two attached hydrogens (primary N) is 1. The van der Waals surface area contributed by atoms with E-state index < -0.39 is 12.3 Å². The molecule has 5 rings (SSSR count). The third-order valence-electron chi connectivity index (χ3n) is 6.31. The molecule has 1 amide bonds. The summed E-state index contributed by atoms with van der Waals surface area (Å²) in [6.45, 7) is 5.14. The van der Waals surface area contributed by atoms with Gasteiger partial charge < -0.3 is 20.9 Å². The Bertz CT molecular complexity index is 927. The van der Waals surface area contributed by atoms with Crippen LogP contribution in [-0.2, 0) is 11.3 Å². The summed E-state index contributed by atoms with van der Waals surface area (Å²) in [4.78, 5) is 24.0. The van der Waals surface area contributed by atoms with E-state index in [0.717, 1.165) is 30.1 Å². The molecule has 1 aromatic heterocycles. The third kappa shape index (κ3) is 3.60. The minimum Gasteiger partial charge on any atom is -0.444 e. The number of nitrogens with one attached hydrogen (secondary N) is 1. The van der Waals surface area contributed by atoms with Crippen LogP contribution in [0, 0.1) is 11.8 Å². The Morgan fingerprint density at radius 3 is 2.67 bits per heavy atom. The van der Waals surface area contributed by atoms with Gasteiger partial charge in [0.25, 0.3) is 0 Å². The van der Waals surface area contributed by atoms with E-state index in [9.17, 15) is 9.90 Å². The molecule has 1 saturated carbocycles. The lowest BCUT2D eigenvalue weighted by Crippen LogP contribution is -2.33. The maximum absolute atomic E-state index is 11.8. The number of aliphatic hydroxyl groups excluding tert-OH is 1. The van der Waals surface area contributed by atoms with Gasteiger partial charge in [0.1, 0.15) is 12.4 Å². The Balaban J connectivity index is 1.21. The molecular weight excluding hydrogens is 384 g/mol. The molecule has 0 bridgehead atoms. The number of likely N-dealkylation sites (tertiary alicyclic amines) is 1. The fourth-order valence-corrected chi connectivity index (χ4v) is 4.45. The number of amides is 1. The minimum atomic E-state index is -1.04. The van der Waals surface area contributed by atoms with Crippen molar-refractivity contribution in [3.8, 4) is 0 Å². The van der Waals surface area contributed by atoms with E-state index in [4.69, 9.17) is 10.5 Å². The number of aromatic nitrogens is 2. The standard InChI is InChI=1S/C21H26N6O3/c1-12(24-20-23-7-6-17(25-20)27-18(28)11-30-21(27)29)14-4-2-13(3-5-14)8-26-9-15-16(10-26)19(15)22/h2-7,12,15-16,18-19,28H,8-11,22H2,1H3,(H,23,24,25)/t12-,15?,16?,18-,19?/m0/s1. The summed E-state index contributed by atoms with van der Waals surface area (Å²) in [5.74, 6) is 2.08. The third-order valence-corrected chi connectivity index (χ3v) is 6.31. The Morgan fingerprint density at radius 1 is 1.27 bits per heavy atom. The van der Waals surface area contributed by atoms with Crippen molar-refractivity contribution in [1.29, 1.82) is 0 Å². The summed E-state index contributed by atoms with van der Waals surface area (Å²) in [6.07, 6.45) is -0.110. The van der Waals surface area contributed by atoms with E-state index in [1.165, 1.54) is 5.56 Å². The Labute approximate surface area is 174 Å². The number of hydrogen-bond donors (Lipinski definition) is 3. The van der Waals surface area contributed by atoms with Crippen LogP contribution >= 0.6 is 0 Å². The molecule has 0 radical (unpaired) electrons. The first-order valence-electron chi connectivity index (χ1n) is 10.3. The second kappa shape index (κ2) is 7.50. The van der Waals surface area contributed by atoms with Crippen LogP contribution in [0.3, 0.4) is 0 Å². The van der Waals surface area contributed by atoms with Crippen molar-refractivity contribution in [2.75, 3.05) is 29.9 Å². The molecule has 4 N–H and O–H groups in total. The van der Waals surface area contributed by atoms with Crippen molar-refractivity contribution < 1.29 is 14.6 Å².